The average molecular weight is 437 g/mol. The maximum Gasteiger partial charge on any atom is 0.251 e. The molecule has 2 aromatic heterocycles. The number of anilines is 1. The molecule has 1 atom stereocenters. The van der Waals surface area contributed by atoms with Crippen LogP contribution in [0.2, 0.25) is 0 Å². The van der Waals surface area contributed by atoms with Crippen molar-refractivity contribution in [2.45, 2.75) is 58.0 Å². The number of thiophene rings is 1. The van der Waals surface area contributed by atoms with Crippen LogP contribution in [0, 0.1) is 13.8 Å². The van der Waals surface area contributed by atoms with E-state index >= 15 is 0 Å². The molecule has 0 unspecified atom stereocenters. The maximum atomic E-state index is 13.6. The first-order valence-corrected chi connectivity index (χ1v) is 11.7. The number of para-hydroxylation sites is 1. The minimum atomic E-state index is -0.858. The number of aryl methyl sites for hydroxylation is 2. The molecule has 0 bridgehead atoms. The van der Waals surface area contributed by atoms with Crippen molar-refractivity contribution in [3.05, 3.63) is 75.9 Å². The Morgan fingerprint density at radius 2 is 1.87 bits per heavy atom. The molecular weight excluding hydrogens is 408 g/mol. The van der Waals surface area contributed by atoms with Gasteiger partial charge in [-0.3, -0.25) is 14.5 Å². The topological polar surface area (TPSA) is 62.6 Å². The number of rotatable bonds is 7. The summed E-state index contributed by atoms with van der Waals surface area (Å²) in [6, 6.07) is 14.5. The Morgan fingerprint density at radius 3 is 2.52 bits per heavy atom. The molecule has 1 aromatic carbocycles. The second kappa shape index (κ2) is 9.52. The number of carbonyl (C=O) groups is 2. The first-order chi connectivity index (χ1) is 15.0. The number of benzene rings is 1. The van der Waals surface area contributed by atoms with Crippen molar-refractivity contribution in [2.24, 2.45) is 0 Å². The second-order valence-corrected chi connectivity index (χ2v) is 9.18. The standard InChI is InChI=1S/C25H28N2O3S/c1-17-8-3-6-12-21(17)27(23(28)16-20-11-7-15-31-20)24(22-14-13-18(2)30-22)25(29)26-19-9-4-5-10-19/h3,6-8,11-15,19,24H,4-5,9-10,16H2,1-2H3,(H,26,29)/t24-/m1/s1. The van der Waals surface area contributed by atoms with E-state index in [9.17, 15) is 9.59 Å². The minimum absolute atomic E-state index is 0.127. The van der Waals surface area contributed by atoms with Gasteiger partial charge in [0.2, 0.25) is 5.91 Å². The van der Waals surface area contributed by atoms with Crippen molar-refractivity contribution in [1.29, 1.82) is 0 Å². The molecule has 1 aliphatic rings. The first-order valence-electron chi connectivity index (χ1n) is 10.8. The number of furan rings is 1. The van der Waals surface area contributed by atoms with E-state index in [1.807, 2.05) is 61.7 Å². The maximum absolute atomic E-state index is 13.6. The predicted octanol–water partition coefficient (Wildman–Crippen LogP) is 5.33. The zero-order chi connectivity index (χ0) is 21.8. The lowest BCUT2D eigenvalue weighted by Crippen LogP contribution is -2.47. The van der Waals surface area contributed by atoms with Crippen molar-refractivity contribution in [2.75, 3.05) is 4.90 Å². The quantitative estimate of drug-likeness (QED) is 0.544. The van der Waals surface area contributed by atoms with Crippen molar-refractivity contribution >= 4 is 28.8 Å². The molecule has 2 amide bonds. The monoisotopic (exact) mass is 436 g/mol. The number of hydrogen-bond acceptors (Lipinski definition) is 4. The van der Waals surface area contributed by atoms with Gasteiger partial charge in [0.05, 0.1) is 6.42 Å². The first kappa shape index (κ1) is 21.4. The van der Waals surface area contributed by atoms with Crippen molar-refractivity contribution in [3.63, 3.8) is 0 Å². The lowest BCUT2D eigenvalue weighted by Gasteiger charge is -2.32. The summed E-state index contributed by atoms with van der Waals surface area (Å²) >= 11 is 1.54. The summed E-state index contributed by atoms with van der Waals surface area (Å²) in [7, 11) is 0. The molecule has 0 saturated heterocycles. The van der Waals surface area contributed by atoms with Gasteiger partial charge in [-0.1, -0.05) is 37.1 Å². The van der Waals surface area contributed by atoms with Gasteiger partial charge in [-0.25, -0.2) is 0 Å². The van der Waals surface area contributed by atoms with Gasteiger partial charge in [0.25, 0.3) is 5.91 Å². The molecule has 0 spiro atoms. The van der Waals surface area contributed by atoms with Gasteiger partial charge in [-0.15, -0.1) is 11.3 Å². The van der Waals surface area contributed by atoms with E-state index in [-0.39, 0.29) is 24.3 Å². The van der Waals surface area contributed by atoms with E-state index in [1.165, 1.54) is 0 Å². The van der Waals surface area contributed by atoms with Gasteiger partial charge in [0.15, 0.2) is 6.04 Å². The predicted molar refractivity (Wildman–Crippen MR) is 123 cm³/mol. The van der Waals surface area contributed by atoms with Crippen LogP contribution < -0.4 is 10.2 Å². The van der Waals surface area contributed by atoms with Gasteiger partial charge in [-0.05, 0) is 61.9 Å². The number of carbonyl (C=O) groups excluding carboxylic acids is 2. The van der Waals surface area contributed by atoms with Crippen molar-refractivity contribution < 1.29 is 14.0 Å². The van der Waals surface area contributed by atoms with Crippen molar-refractivity contribution in [1.82, 2.24) is 5.32 Å². The third-order valence-electron chi connectivity index (χ3n) is 5.79. The fourth-order valence-corrected chi connectivity index (χ4v) is 4.92. The van der Waals surface area contributed by atoms with Crippen LogP contribution in [0.1, 0.15) is 53.7 Å². The molecule has 1 aliphatic carbocycles. The lowest BCUT2D eigenvalue weighted by molar-refractivity contribution is -0.127. The van der Waals surface area contributed by atoms with E-state index < -0.39 is 6.04 Å². The van der Waals surface area contributed by atoms with Crippen LogP contribution in [-0.2, 0) is 16.0 Å². The zero-order valence-electron chi connectivity index (χ0n) is 18.0. The molecule has 1 N–H and O–H groups in total. The minimum Gasteiger partial charge on any atom is -0.464 e. The summed E-state index contributed by atoms with van der Waals surface area (Å²) in [4.78, 5) is 29.8. The van der Waals surface area contributed by atoms with E-state index in [0.717, 1.165) is 41.8 Å². The Balaban J connectivity index is 1.75. The van der Waals surface area contributed by atoms with Gasteiger partial charge >= 0.3 is 0 Å². The molecular formula is C25H28N2O3S. The third-order valence-corrected chi connectivity index (χ3v) is 6.66. The molecule has 3 aromatic rings. The van der Waals surface area contributed by atoms with Gasteiger partial charge < -0.3 is 9.73 Å². The number of nitrogens with zero attached hydrogens (tertiary/aromatic N) is 1. The molecule has 1 saturated carbocycles. The summed E-state index contributed by atoms with van der Waals surface area (Å²) in [5.74, 6) is 0.876. The van der Waals surface area contributed by atoms with Crippen molar-refractivity contribution in [3.8, 4) is 0 Å². The Labute approximate surface area is 187 Å². The van der Waals surface area contributed by atoms with Gasteiger partial charge in [-0.2, -0.15) is 0 Å². The molecule has 2 heterocycles. The average Bonchev–Trinajstić information content (AvgIpc) is 3.51. The molecule has 0 aliphatic heterocycles. The molecule has 162 valence electrons. The largest absolute Gasteiger partial charge is 0.464 e. The Hall–Kier alpha value is -2.86. The van der Waals surface area contributed by atoms with Crippen LogP contribution >= 0.6 is 11.3 Å². The fourth-order valence-electron chi connectivity index (χ4n) is 4.22. The van der Waals surface area contributed by atoms with Crippen LogP contribution in [0.5, 0.6) is 0 Å². The molecule has 1 fully saturated rings. The van der Waals surface area contributed by atoms with Crippen LogP contribution in [0.25, 0.3) is 0 Å². The highest BCUT2D eigenvalue weighted by Gasteiger charge is 2.36. The molecule has 6 heteroatoms. The molecule has 0 radical (unpaired) electrons. The second-order valence-electron chi connectivity index (χ2n) is 8.15. The molecule has 5 nitrogen and oxygen atoms in total. The summed E-state index contributed by atoms with van der Waals surface area (Å²) in [5, 5.41) is 5.14. The third kappa shape index (κ3) is 4.90. The van der Waals surface area contributed by atoms with Crippen LogP contribution in [-0.4, -0.2) is 17.9 Å². The van der Waals surface area contributed by atoms with E-state index in [2.05, 4.69) is 5.32 Å². The molecule has 4 rings (SSSR count). The number of hydrogen-bond donors (Lipinski definition) is 1. The fraction of sp³-hybridized carbons (Fsp3) is 0.360. The van der Waals surface area contributed by atoms with Crippen LogP contribution in [0.4, 0.5) is 5.69 Å². The Bertz CT molecular complexity index is 1030. The van der Waals surface area contributed by atoms with E-state index in [1.54, 1.807) is 22.3 Å². The summed E-state index contributed by atoms with van der Waals surface area (Å²) < 4.78 is 5.91. The zero-order valence-corrected chi connectivity index (χ0v) is 18.8. The summed E-state index contributed by atoms with van der Waals surface area (Å²) in [6.45, 7) is 3.81. The highest BCUT2D eigenvalue weighted by atomic mass is 32.1. The smallest absolute Gasteiger partial charge is 0.251 e. The van der Waals surface area contributed by atoms with Crippen LogP contribution in [0.3, 0.4) is 0 Å². The van der Waals surface area contributed by atoms with Gasteiger partial charge in [0, 0.05) is 16.6 Å². The molecule has 31 heavy (non-hydrogen) atoms. The van der Waals surface area contributed by atoms with Gasteiger partial charge in [0.1, 0.15) is 11.5 Å². The Kier molecular flexibility index (Phi) is 6.56. The normalized spacial score (nSPS) is 15.0. The highest BCUT2D eigenvalue weighted by molar-refractivity contribution is 7.10. The lowest BCUT2D eigenvalue weighted by atomic mass is 10.1. The Morgan fingerprint density at radius 1 is 1.10 bits per heavy atom. The summed E-state index contributed by atoms with van der Waals surface area (Å²) in [5.41, 5.74) is 1.66. The van der Waals surface area contributed by atoms with Crippen LogP contribution in [0.15, 0.2) is 58.3 Å². The highest BCUT2D eigenvalue weighted by Crippen LogP contribution is 2.33. The van der Waals surface area contributed by atoms with E-state index in [4.69, 9.17) is 4.42 Å². The number of amides is 2. The SMILES string of the molecule is Cc1ccc([C@H](C(=O)NC2CCCC2)N(C(=O)Cc2cccs2)c2ccccc2C)o1. The number of nitrogens with one attached hydrogen (secondary N) is 1. The summed E-state index contributed by atoms with van der Waals surface area (Å²) in [6.07, 6.45) is 4.42. The van der Waals surface area contributed by atoms with E-state index in [0.29, 0.717) is 11.5 Å².